The number of aryl methyl sites for hydroxylation is 1. The SMILES string of the molecule is Cn1cc(-c2nc(C(=O)NNC3(c4ccc(Cl)cc4)CC3)cc(-c3ccc(Cl)cc3)n2)cn1. The Hall–Kier alpha value is -3.26. The lowest BCUT2D eigenvalue weighted by atomic mass is 10.1. The zero-order chi connectivity index (χ0) is 23.0. The van der Waals surface area contributed by atoms with Crippen molar-refractivity contribution in [1.82, 2.24) is 30.6 Å². The average molecular weight is 479 g/mol. The maximum atomic E-state index is 13.1. The van der Waals surface area contributed by atoms with E-state index >= 15 is 0 Å². The third-order valence-electron chi connectivity index (χ3n) is 5.62. The number of halogens is 2. The van der Waals surface area contributed by atoms with Crippen LogP contribution in [-0.4, -0.2) is 25.7 Å². The fraction of sp³-hybridized carbons (Fsp3) is 0.167. The number of amides is 1. The largest absolute Gasteiger partial charge is 0.285 e. The van der Waals surface area contributed by atoms with Gasteiger partial charge in [0.25, 0.3) is 5.91 Å². The van der Waals surface area contributed by atoms with Crippen LogP contribution in [0.2, 0.25) is 10.0 Å². The molecule has 0 bridgehead atoms. The van der Waals surface area contributed by atoms with Gasteiger partial charge in [0.05, 0.1) is 23.0 Å². The lowest BCUT2D eigenvalue weighted by Crippen LogP contribution is -2.44. The lowest BCUT2D eigenvalue weighted by Gasteiger charge is -2.19. The molecule has 166 valence electrons. The molecule has 0 atom stereocenters. The van der Waals surface area contributed by atoms with Crippen molar-refractivity contribution in [2.45, 2.75) is 18.4 Å². The maximum Gasteiger partial charge on any atom is 0.284 e. The summed E-state index contributed by atoms with van der Waals surface area (Å²) in [6.45, 7) is 0. The molecule has 0 aliphatic heterocycles. The standard InChI is InChI=1S/C24H20Cl2N6O/c1-32-14-16(13-27-32)22-28-20(15-2-6-18(25)7-3-15)12-21(29-22)23(33)30-31-24(10-11-24)17-4-8-19(26)9-5-17/h2-9,12-14,31H,10-11H2,1H3,(H,30,33). The van der Waals surface area contributed by atoms with Crippen LogP contribution in [0.15, 0.2) is 67.0 Å². The summed E-state index contributed by atoms with van der Waals surface area (Å²) >= 11 is 12.0. The van der Waals surface area contributed by atoms with Gasteiger partial charge in [-0.1, -0.05) is 47.5 Å². The smallest absolute Gasteiger partial charge is 0.284 e. The highest BCUT2D eigenvalue weighted by molar-refractivity contribution is 6.30. The second kappa shape index (κ2) is 8.59. The number of rotatable bonds is 6. The molecule has 5 rings (SSSR count). The van der Waals surface area contributed by atoms with E-state index in [2.05, 4.69) is 25.9 Å². The minimum atomic E-state index is -0.349. The molecular weight excluding hydrogens is 459 g/mol. The highest BCUT2D eigenvalue weighted by Crippen LogP contribution is 2.45. The second-order valence-electron chi connectivity index (χ2n) is 8.04. The summed E-state index contributed by atoms with van der Waals surface area (Å²) in [5.41, 5.74) is 9.22. The number of hydrogen-bond donors (Lipinski definition) is 2. The molecule has 2 aromatic carbocycles. The monoisotopic (exact) mass is 478 g/mol. The molecular formula is C24H20Cl2N6O. The van der Waals surface area contributed by atoms with Crippen molar-refractivity contribution in [3.63, 3.8) is 0 Å². The molecule has 1 aliphatic rings. The van der Waals surface area contributed by atoms with E-state index in [9.17, 15) is 4.79 Å². The molecule has 2 heterocycles. The number of nitrogens with one attached hydrogen (secondary N) is 2. The Morgan fingerprint density at radius 2 is 1.64 bits per heavy atom. The van der Waals surface area contributed by atoms with Crippen LogP contribution in [0.25, 0.3) is 22.6 Å². The number of nitrogens with zero attached hydrogens (tertiary/aromatic N) is 4. The van der Waals surface area contributed by atoms with Crippen LogP contribution in [0, 0.1) is 0 Å². The first-order valence-corrected chi connectivity index (χ1v) is 11.2. The van der Waals surface area contributed by atoms with Gasteiger partial charge in [0.2, 0.25) is 0 Å². The van der Waals surface area contributed by atoms with Crippen molar-refractivity contribution in [2.24, 2.45) is 7.05 Å². The van der Waals surface area contributed by atoms with E-state index in [1.807, 2.05) is 43.4 Å². The van der Waals surface area contributed by atoms with Crippen LogP contribution in [0.5, 0.6) is 0 Å². The van der Waals surface area contributed by atoms with E-state index in [0.29, 0.717) is 21.6 Å². The summed E-state index contributed by atoms with van der Waals surface area (Å²) in [6, 6.07) is 16.6. The molecule has 1 amide bonds. The normalized spacial score (nSPS) is 14.2. The predicted octanol–water partition coefficient (Wildman–Crippen LogP) is 4.77. The lowest BCUT2D eigenvalue weighted by molar-refractivity contribution is 0.0916. The summed E-state index contributed by atoms with van der Waals surface area (Å²) in [5, 5.41) is 5.50. The van der Waals surface area contributed by atoms with Gasteiger partial charge in [-0.15, -0.1) is 0 Å². The Labute approximate surface area is 200 Å². The van der Waals surface area contributed by atoms with Crippen LogP contribution in [0.4, 0.5) is 0 Å². The van der Waals surface area contributed by atoms with Gasteiger partial charge in [-0.3, -0.25) is 14.9 Å². The minimum Gasteiger partial charge on any atom is -0.285 e. The summed E-state index contributed by atoms with van der Waals surface area (Å²) in [7, 11) is 1.82. The van der Waals surface area contributed by atoms with Crippen LogP contribution >= 0.6 is 23.2 Å². The summed E-state index contributed by atoms with van der Waals surface area (Å²) in [4.78, 5) is 22.3. The number of hydrogen-bond acceptors (Lipinski definition) is 5. The molecule has 33 heavy (non-hydrogen) atoms. The Morgan fingerprint density at radius 3 is 2.24 bits per heavy atom. The molecule has 1 saturated carbocycles. The quantitative estimate of drug-likeness (QED) is 0.389. The molecule has 0 unspecified atom stereocenters. The van der Waals surface area contributed by atoms with E-state index < -0.39 is 0 Å². The van der Waals surface area contributed by atoms with E-state index in [1.165, 1.54) is 0 Å². The van der Waals surface area contributed by atoms with Crippen LogP contribution in [0.1, 0.15) is 28.9 Å². The molecule has 7 nitrogen and oxygen atoms in total. The molecule has 1 aliphatic carbocycles. The van der Waals surface area contributed by atoms with Gasteiger partial charge in [0.1, 0.15) is 5.69 Å². The first-order chi connectivity index (χ1) is 15.9. The third-order valence-corrected chi connectivity index (χ3v) is 6.13. The first-order valence-electron chi connectivity index (χ1n) is 10.4. The van der Waals surface area contributed by atoms with Crippen molar-refractivity contribution in [3.05, 3.63) is 88.3 Å². The molecule has 9 heteroatoms. The molecule has 0 spiro atoms. The Bertz CT molecular complexity index is 1310. The summed E-state index contributed by atoms with van der Waals surface area (Å²) in [6.07, 6.45) is 5.30. The Kier molecular flexibility index (Phi) is 5.62. The van der Waals surface area contributed by atoms with Gasteiger partial charge in [0, 0.05) is 28.9 Å². The predicted molar refractivity (Wildman–Crippen MR) is 128 cm³/mol. The zero-order valence-electron chi connectivity index (χ0n) is 17.7. The fourth-order valence-corrected chi connectivity index (χ4v) is 3.87. The van der Waals surface area contributed by atoms with Gasteiger partial charge in [-0.2, -0.15) is 5.10 Å². The average Bonchev–Trinajstić information content (AvgIpc) is 3.49. The molecule has 4 aromatic rings. The molecule has 0 saturated heterocycles. The van der Waals surface area contributed by atoms with Gasteiger partial charge in [0.15, 0.2) is 5.82 Å². The number of carbonyl (C=O) groups excluding carboxylic acids is 1. The van der Waals surface area contributed by atoms with Crippen molar-refractivity contribution >= 4 is 29.1 Å². The van der Waals surface area contributed by atoms with E-state index in [1.54, 1.807) is 35.3 Å². The van der Waals surface area contributed by atoms with Crippen molar-refractivity contribution in [2.75, 3.05) is 0 Å². The van der Waals surface area contributed by atoms with Crippen molar-refractivity contribution < 1.29 is 4.79 Å². The number of benzene rings is 2. The van der Waals surface area contributed by atoms with Gasteiger partial charge < -0.3 is 0 Å². The fourth-order valence-electron chi connectivity index (χ4n) is 3.62. The van der Waals surface area contributed by atoms with E-state index in [-0.39, 0.29) is 17.1 Å². The Morgan fingerprint density at radius 1 is 0.970 bits per heavy atom. The molecule has 1 fully saturated rings. The topological polar surface area (TPSA) is 84.7 Å². The second-order valence-corrected chi connectivity index (χ2v) is 8.91. The van der Waals surface area contributed by atoms with E-state index in [4.69, 9.17) is 23.2 Å². The van der Waals surface area contributed by atoms with Crippen LogP contribution in [-0.2, 0) is 12.6 Å². The summed E-state index contributed by atoms with van der Waals surface area (Å²) in [5.74, 6) is 0.0672. The van der Waals surface area contributed by atoms with Crippen LogP contribution < -0.4 is 10.9 Å². The van der Waals surface area contributed by atoms with Gasteiger partial charge in [-0.25, -0.2) is 15.4 Å². The highest BCUT2D eigenvalue weighted by atomic mass is 35.5. The first kappa shape index (κ1) is 21.6. The van der Waals surface area contributed by atoms with Gasteiger partial charge in [-0.05, 0) is 48.7 Å². The van der Waals surface area contributed by atoms with Gasteiger partial charge >= 0.3 is 0 Å². The van der Waals surface area contributed by atoms with E-state index in [0.717, 1.165) is 29.5 Å². The molecule has 0 radical (unpaired) electrons. The zero-order valence-corrected chi connectivity index (χ0v) is 19.2. The number of carbonyl (C=O) groups is 1. The minimum absolute atomic E-state index is 0.244. The van der Waals surface area contributed by atoms with Crippen LogP contribution in [0.3, 0.4) is 0 Å². The third kappa shape index (κ3) is 4.61. The Balaban J connectivity index is 1.43. The molecule has 2 N–H and O–H groups in total. The summed E-state index contributed by atoms with van der Waals surface area (Å²) < 4.78 is 1.66. The van der Waals surface area contributed by atoms with Crippen molar-refractivity contribution in [1.29, 1.82) is 0 Å². The number of hydrazine groups is 1. The maximum absolute atomic E-state index is 13.1. The highest BCUT2D eigenvalue weighted by Gasteiger charge is 2.44. The number of aromatic nitrogens is 4. The molecule has 2 aromatic heterocycles. The van der Waals surface area contributed by atoms with Crippen molar-refractivity contribution in [3.8, 4) is 22.6 Å².